The summed E-state index contributed by atoms with van der Waals surface area (Å²) in [6.45, 7) is 4.27. The first kappa shape index (κ1) is 15.7. The fraction of sp³-hybridized carbons (Fsp3) is 0.471. The Morgan fingerprint density at radius 1 is 1.50 bits per heavy atom. The molecule has 2 aliphatic rings. The number of aryl methyl sites for hydroxylation is 1. The maximum atomic E-state index is 12.8. The summed E-state index contributed by atoms with van der Waals surface area (Å²) in [4.78, 5) is 23.1. The SMILES string of the molecule is Cc1nc(CO[C@@H]2CN(C(=O)c3cccnc3)[C@H]3COC[C@@H]23)cs1. The number of amides is 1. The molecule has 1 amide bonds. The molecular formula is C17H19N3O3S. The zero-order valence-corrected chi connectivity index (χ0v) is 14.2. The fourth-order valence-electron chi connectivity index (χ4n) is 3.43. The maximum Gasteiger partial charge on any atom is 0.255 e. The quantitative estimate of drug-likeness (QED) is 0.847. The number of nitrogens with zero attached hydrogens (tertiary/aromatic N) is 3. The number of aromatic nitrogens is 2. The van der Waals surface area contributed by atoms with Gasteiger partial charge in [0.1, 0.15) is 0 Å². The van der Waals surface area contributed by atoms with Crippen LogP contribution in [0.25, 0.3) is 0 Å². The van der Waals surface area contributed by atoms with E-state index in [1.54, 1.807) is 35.9 Å². The van der Waals surface area contributed by atoms with Gasteiger partial charge in [-0.05, 0) is 19.1 Å². The van der Waals surface area contributed by atoms with E-state index < -0.39 is 0 Å². The van der Waals surface area contributed by atoms with Gasteiger partial charge in [0.05, 0.1) is 48.2 Å². The first-order valence-electron chi connectivity index (χ1n) is 8.03. The van der Waals surface area contributed by atoms with Crippen molar-refractivity contribution in [2.75, 3.05) is 19.8 Å². The Hall–Kier alpha value is -1.83. The van der Waals surface area contributed by atoms with Crippen molar-refractivity contribution in [3.8, 4) is 0 Å². The molecule has 3 atom stereocenters. The summed E-state index contributed by atoms with van der Waals surface area (Å²) in [5.74, 6) is 0.226. The van der Waals surface area contributed by atoms with Gasteiger partial charge < -0.3 is 14.4 Å². The number of fused-ring (bicyclic) bond motifs is 1. The Balaban J connectivity index is 1.46. The third-order valence-electron chi connectivity index (χ3n) is 4.63. The Morgan fingerprint density at radius 3 is 3.17 bits per heavy atom. The van der Waals surface area contributed by atoms with Gasteiger partial charge >= 0.3 is 0 Å². The summed E-state index contributed by atoms with van der Waals surface area (Å²) in [7, 11) is 0. The van der Waals surface area contributed by atoms with Crippen LogP contribution >= 0.6 is 11.3 Å². The highest BCUT2D eigenvalue weighted by molar-refractivity contribution is 7.09. The van der Waals surface area contributed by atoms with Crippen molar-refractivity contribution in [3.63, 3.8) is 0 Å². The molecule has 0 aliphatic carbocycles. The fourth-order valence-corrected chi connectivity index (χ4v) is 4.03. The van der Waals surface area contributed by atoms with Gasteiger partial charge in [0.2, 0.25) is 0 Å². The van der Waals surface area contributed by atoms with E-state index in [9.17, 15) is 4.79 Å². The number of likely N-dealkylation sites (tertiary alicyclic amines) is 1. The van der Waals surface area contributed by atoms with E-state index in [0.717, 1.165) is 10.7 Å². The summed E-state index contributed by atoms with van der Waals surface area (Å²) < 4.78 is 11.7. The van der Waals surface area contributed by atoms with Crippen LogP contribution in [-0.4, -0.2) is 52.7 Å². The average molecular weight is 345 g/mol. The van der Waals surface area contributed by atoms with Gasteiger partial charge in [-0.1, -0.05) is 0 Å². The molecule has 2 aromatic heterocycles. The number of ether oxygens (including phenoxy) is 2. The van der Waals surface area contributed by atoms with Gasteiger partial charge in [-0.3, -0.25) is 9.78 Å². The molecule has 2 aliphatic heterocycles. The molecule has 0 radical (unpaired) electrons. The number of carbonyl (C=O) groups excluding carboxylic acids is 1. The van der Waals surface area contributed by atoms with Crippen LogP contribution in [0.15, 0.2) is 29.9 Å². The molecule has 24 heavy (non-hydrogen) atoms. The van der Waals surface area contributed by atoms with Gasteiger partial charge in [0.25, 0.3) is 5.91 Å². The second-order valence-corrected chi connectivity index (χ2v) is 7.24. The van der Waals surface area contributed by atoms with Crippen LogP contribution in [-0.2, 0) is 16.1 Å². The second-order valence-electron chi connectivity index (χ2n) is 6.18. The normalized spacial score (nSPS) is 25.9. The lowest BCUT2D eigenvalue weighted by molar-refractivity contribution is 0.00816. The molecule has 0 bridgehead atoms. The monoisotopic (exact) mass is 345 g/mol. The van der Waals surface area contributed by atoms with E-state index in [0.29, 0.717) is 31.9 Å². The molecule has 7 heteroatoms. The van der Waals surface area contributed by atoms with Crippen molar-refractivity contribution in [2.24, 2.45) is 5.92 Å². The molecule has 0 aromatic carbocycles. The van der Waals surface area contributed by atoms with Gasteiger partial charge in [-0.15, -0.1) is 11.3 Å². The van der Waals surface area contributed by atoms with Crippen LogP contribution in [0.3, 0.4) is 0 Å². The molecule has 126 valence electrons. The third kappa shape index (κ3) is 2.94. The Bertz CT molecular complexity index is 721. The highest BCUT2D eigenvalue weighted by atomic mass is 32.1. The molecule has 2 saturated heterocycles. The molecular weight excluding hydrogens is 326 g/mol. The summed E-state index contributed by atoms with van der Waals surface area (Å²) in [6.07, 6.45) is 3.27. The minimum atomic E-state index is -0.0138. The van der Waals surface area contributed by atoms with Crippen molar-refractivity contribution in [3.05, 3.63) is 46.2 Å². The molecule has 2 fully saturated rings. The molecule has 0 unspecified atom stereocenters. The predicted octanol–water partition coefficient (Wildman–Crippen LogP) is 1.90. The van der Waals surface area contributed by atoms with Crippen molar-refractivity contribution < 1.29 is 14.3 Å². The maximum absolute atomic E-state index is 12.8. The van der Waals surface area contributed by atoms with Crippen LogP contribution in [0.5, 0.6) is 0 Å². The summed E-state index contributed by atoms with van der Waals surface area (Å²) in [5.41, 5.74) is 1.56. The van der Waals surface area contributed by atoms with E-state index >= 15 is 0 Å². The summed E-state index contributed by atoms with van der Waals surface area (Å²) in [5, 5.41) is 3.06. The van der Waals surface area contributed by atoms with Crippen LogP contribution in [0.2, 0.25) is 0 Å². The highest BCUT2D eigenvalue weighted by Gasteiger charge is 2.48. The standard InChI is InChI=1S/C17H19N3O3S/c1-11-19-13(10-24-11)7-23-16-6-20(15-9-22-8-14(15)16)17(21)12-3-2-4-18-5-12/h2-5,10,14-16H,6-9H2,1H3/t14-,15+,16-/m1/s1. The van der Waals surface area contributed by atoms with Crippen LogP contribution in [0.4, 0.5) is 0 Å². The summed E-state index contributed by atoms with van der Waals surface area (Å²) in [6, 6.07) is 3.66. The Kier molecular flexibility index (Phi) is 4.30. The third-order valence-corrected chi connectivity index (χ3v) is 5.45. The number of pyridine rings is 1. The van der Waals surface area contributed by atoms with Gasteiger partial charge in [0, 0.05) is 30.2 Å². The first-order chi connectivity index (χ1) is 11.7. The number of carbonyl (C=O) groups is 1. The second kappa shape index (κ2) is 6.58. The van der Waals surface area contributed by atoms with Crippen LogP contribution in [0, 0.1) is 12.8 Å². The molecule has 4 heterocycles. The minimum absolute atomic E-state index is 0.000738. The molecule has 0 N–H and O–H groups in total. The predicted molar refractivity (Wildman–Crippen MR) is 88.8 cm³/mol. The number of rotatable bonds is 4. The number of hydrogen-bond donors (Lipinski definition) is 0. The zero-order valence-electron chi connectivity index (χ0n) is 13.4. The average Bonchev–Trinajstić information content (AvgIpc) is 3.30. The first-order valence-corrected chi connectivity index (χ1v) is 8.91. The smallest absolute Gasteiger partial charge is 0.255 e. The summed E-state index contributed by atoms with van der Waals surface area (Å²) >= 11 is 1.62. The lowest BCUT2D eigenvalue weighted by Crippen LogP contribution is -2.38. The van der Waals surface area contributed by atoms with Crippen molar-refractivity contribution in [1.82, 2.24) is 14.9 Å². The highest BCUT2D eigenvalue weighted by Crippen LogP contribution is 2.33. The minimum Gasteiger partial charge on any atom is -0.379 e. The number of thiazole rings is 1. The van der Waals surface area contributed by atoms with E-state index in [-0.39, 0.29) is 24.0 Å². The zero-order chi connectivity index (χ0) is 16.5. The van der Waals surface area contributed by atoms with E-state index in [1.807, 2.05) is 17.2 Å². The van der Waals surface area contributed by atoms with E-state index in [4.69, 9.17) is 9.47 Å². The lowest BCUT2D eigenvalue weighted by atomic mass is 10.0. The topological polar surface area (TPSA) is 64.5 Å². The van der Waals surface area contributed by atoms with Gasteiger partial charge in [-0.25, -0.2) is 4.98 Å². The van der Waals surface area contributed by atoms with Crippen molar-refractivity contribution in [1.29, 1.82) is 0 Å². The molecule has 2 aromatic rings. The largest absolute Gasteiger partial charge is 0.379 e. The van der Waals surface area contributed by atoms with Crippen LogP contribution in [0.1, 0.15) is 21.1 Å². The lowest BCUT2D eigenvalue weighted by Gasteiger charge is -2.22. The van der Waals surface area contributed by atoms with E-state index in [2.05, 4.69) is 9.97 Å². The van der Waals surface area contributed by atoms with E-state index in [1.165, 1.54) is 0 Å². The van der Waals surface area contributed by atoms with Gasteiger partial charge in [0.15, 0.2) is 0 Å². The number of hydrogen-bond acceptors (Lipinski definition) is 6. The van der Waals surface area contributed by atoms with Crippen molar-refractivity contribution >= 4 is 17.2 Å². The van der Waals surface area contributed by atoms with Gasteiger partial charge in [-0.2, -0.15) is 0 Å². The molecule has 0 saturated carbocycles. The Labute approximate surface area is 144 Å². The van der Waals surface area contributed by atoms with Crippen LogP contribution < -0.4 is 0 Å². The Morgan fingerprint density at radius 2 is 2.42 bits per heavy atom. The van der Waals surface area contributed by atoms with Crippen molar-refractivity contribution in [2.45, 2.75) is 25.7 Å². The molecule has 4 rings (SSSR count). The molecule has 6 nitrogen and oxygen atoms in total. The molecule has 0 spiro atoms.